The molecule has 1 amide bonds. The van der Waals surface area contributed by atoms with Gasteiger partial charge in [0.25, 0.3) is 5.69 Å². The molecule has 7 nitrogen and oxygen atoms in total. The molecule has 0 heterocycles. The van der Waals surface area contributed by atoms with Gasteiger partial charge in [-0.25, -0.2) is 0 Å². The molecule has 25 heavy (non-hydrogen) atoms. The summed E-state index contributed by atoms with van der Waals surface area (Å²) in [7, 11) is 0. The first-order chi connectivity index (χ1) is 11.9. The molecule has 0 saturated heterocycles. The van der Waals surface area contributed by atoms with Crippen LogP contribution in [0.1, 0.15) is 31.0 Å². The number of nitro groups is 1. The zero-order valence-electron chi connectivity index (χ0n) is 13.9. The fourth-order valence-electron chi connectivity index (χ4n) is 2.31. The van der Waals surface area contributed by atoms with Gasteiger partial charge in [0.15, 0.2) is 0 Å². The van der Waals surface area contributed by atoms with Crippen LogP contribution in [0, 0.1) is 21.4 Å². The lowest BCUT2D eigenvalue weighted by Crippen LogP contribution is -2.39. The van der Waals surface area contributed by atoms with E-state index in [1.165, 1.54) is 24.3 Å². The summed E-state index contributed by atoms with van der Waals surface area (Å²) in [5, 5.41) is 25.3. The molecule has 2 aromatic carbocycles. The number of carbonyl (C=O) groups excluding carboxylic acids is 1. The van der Waals surface area contributed by atoms with Crippen molar-refractivity contribution < 1.29 is 9.72 Å². The minimum atomic E-state index is -0.491. The summed E-state index contributed by atoms with van der Waals surface area (Å²) < 4.78 is 0. The molecule has 2 aromatic rings. The fraction of sp³-hybridized carbons (Fsp3) is 0.222. The topological polar surface area (TPSA) is 108 Å². The summed E-state index contributed by atoms with van der Waals surface area (Å²) in [6.07, 6.45) is 0. The first-order valence-electron chi connectivity index (χ1n) is 7.72. The fourth-order valence-corrected chi connectivity index (χ4v) is 2.31. The standard InChI is InChI=1S/C18H18N4O3/c1-12(15-5-3-14(11-19)4-6-15)20-13(2)18(23)21-16-7-9-17(10-8-16)22(24)25/h3-10,12-13,20H,1-2H3,(H,21,23)/t12-,13-/m1/s1. The van der Waals surface area contributed by atoms with Gasteiger partial charge < -0.3 is 5.32 Å². The van der Waals surface area contributed by atoms with Crippen molar-refractivity contribution in [3.63, 3.8) is 0 Å². The van der Waals surface area contributed by atoms with Crippen molar-refractivity contribution in [3.8, 4) is 6.07 Å². The number of hydrogen-bond donors (Lipinski definition) is 2. The summed E-state index contributed by atoms with van der Waals surface area (Å²) in [5.74, 6) is -0.241. The molecule has 0 unspecified atom stereocenters. The second kappa shape index (κ2) is 8.04. The first-order valence-corrected chi connectivity index (χ1v) is 7.72. The Morgan fingerprint density at radius 2 is 1.72 bits per heavy atom. The van der Waals surface area contributed by atoms with E-state index in [9.17, 15) is 14.9 Å². The molecule has 0 fully saturated rings. The van der Waals surface area contributed by atoms with Crippen LogP contribution in [0.3, 0.4) is 0 Å². The number of nitrogens with zero attached hydrogens (tertiary/aromatic N) is 2. The maximum absolute atomic E-state index is 12.2. The SMILES string of the molecule is C[C@@H](N[C@H](C)c1ccc(C#N)cc1)C(=O)Nc1ccc([N+](=O)[O-])cc1. The number of hydrogen-bond acceptors (Lipinski definition) is 5. The van der Waals surface area contributed by atoms with E-state index in [1.54, 1.807) is 19.1 Å². The van der Waals surface area contributed by atoms with E-state index in [-0.39, 0.29) is 17.6 Å². The molecule has 0 aromatic heterocycles. The number of carbonyl (C=O) groups is 1. The average Bonchev–Trinajstić information content (AvgIpc) is 2.62. The Kier molecular flexibility index (Phi) is 5.82. The van der Waals surface area contributed by atoms with Crippen LogP contribution in [0.15, 0.2) is 48.5 Å². The van der Waals surface area contributed by atoms with Gasteiger partial charge in [-0.05, 0) is 43.7 Å². The van der Waals surface area contributed by atoms with Crippen molar-refractivity contribution in [2.24, 2.45) is 0 Å². The lowest BCUT2D eigenvalue weighted by atomic mass is 10.1. The van der Waals surface area contributed by atoms with Gasteiger partial charge in [-0.15, -0.1) is 0 Å². The highest BCUT2D eigenvalue weighted by molar-refractivity contribution is 5.94. The average molecular weight is 338 g/mol. The van der Waals surface area contributed by atoms with Gasteiger partial charge >= 0.3 is 0 Å². The molecule has 0 spiro atoms. The second-order valence-electron chi connectivity index (χ2n) is 5.64. The van der Waals surface area contributed by atoms with Crippen molar-refractivity contribution in [2.75, 3.05) is 5.32 Å². The Morgan fingerprint density at radius 1 is 1.12 bits per heavy atom. The Balaban J connectivity index is 1.94. The van der Waals surface area contributed by atoms with E-state index in [0.29, 0.717) is 11.3 Å². The Bertz CT molecular complexity index is 795. The molecule has 0 saturated carbocycles. The smallest absolute Gasteiger partial charge is 0.269 e. The second-order valence-corrected chi connectivity index (χ2v) is 5.64. The van der Waals surface area contributed by atoms with Gasteiger partial charge in [0.05, 0.1) is 22.6 Å². The highest BCUT2D eigenvalue weighted by atomic mass is 16.6. The number of amides is 1. The van der Waals surface area contributed by atoms with Crippen LogP contribution in [-0.4, -0.2) is 16.9 Å². The molecule has 2 rings (SSSR count). The predicted octanol–water partition coefficient (Wildman–Crippen LogP) is 3.14. The van der Waals surface area contributed by atoms with E-state index < -0.39 is 11.0 Å². The third-order valence-electron chi connectivity index (χ3n) is 3.78. The normalized spacial score (nSPS) is 12.7. The predicted molar refractivity (Wildman–Crippen MR) is 93.9 cm³/mol. The zero-order valence-corrected chi connectivity index (χ0v) is 13.9. The van der Waals surface area contributed by atoms with Crippen LogP contribution in [0.5, 0.6) is 0 Å². The highest BCUT2D eigenvalue weighted by Crippen LogP contribution is 2.17. The molecule has 7 heteroatoms. The minimum absolute atomic E-state index is 0.0291. The van der Waals surface area contributed by atoms with Crippen molar-refractivity contribution in [1.82, 2.24) is 5.32 Å². The third kappa shape index (κ3) is 4.86. The first kappa shape index (κ1) is 18.1. The van der Waals surface area contributed by atoms with Crippen molar-refractivity contribution in [2.45, 2.75) is 25.9 Å². The van der Waals surface area contributed by atoms with Gasteiger partial charge in [-0.3, -0.25) is 20.2 Å². The quantitative estimate of drug-likeness (QED) is 0.621. The van der Waals surface area contributed by atoms with Gasteiger partial charge in [-0.2, -0.15) is 5.26 Å². The van der Waals surface area contributed by atoms with E-state index >= 15 is 0 Å². The van der Waals surface area contributed by atoms with Crippen LogP contribution in [0.4, 0.5) is 11.4 Å². The number of anilines is 1. The maximum Gasteiger partial charge on any atom is 0.269 e. The number of nitrogens with one attached hydrogen (secondary N) is 2. The summed E-state index contributed by atoms with van der Waals surface area (Å²) >= 11 is 0. The minimum Gasteiger partial charge on any atom is -0.325 e. The van der Waals surface area contributed by atoms with E-state index in [4.69, 9.17) is 5.26 Å². The number of nitro benzene ring substituents is 1. The van der Waals surface area contributed by atoms with Gasteiger partial charge in [-0.1, -0.05) is 12.1 Å². The van der Waals surface area contributed by atoms with Crippen molar-refractivity contribution in [1.29, 1.82) is 5.26 Å². The van der Waals surface area contributed by atoms with Crippen LogP contribution in [0.25, 0.3) is 0 Å². The zero-order chi connectivity index (χ0) is 18.4. The molecular weight excluding hydrogens is 320 g/mol. The van der Waals surface area contributed by atoms with E-state index in [1.807, 2.05) is 19.1 Å². The number of benzene rings is 2. The van der Waals surface area contributed by atoms with E-state index in [0.717, 1.165) is 5.56 Å². The van der Waals surface area contributed by atoms with Crippen LogP contribution < -0.4 is 10.6 Å². The van der Waals surface area contributed by atoms with Crippen molar-refractivity contribution >= 4 is 17.3 Å². The van der Waals surface area contributed by atoms with Crippen LogP contribution in [0.2, 0.25) is 0 Å². The Labute approximate surface area is 145 Å². The van der Waals surface area contributed by atoms with Gasteiger partial charge in [0.2, 0.25) is 5.91 Å². The molecule has 2 atom stereocenters. The molecule has 0 aliphatic rings. The lowest BCUT2D eigenvalue weighted by molar-refractivity contribution is -0.384. The largest absolute Gasteiger partial charge is 0.325 e. The molecular formula is C18H18N4O3. The number of nitriles is 1. The van der Waals surface area contributed by atoms with Gasteiger partial charge in [0.1, 0.15) is 0 Å². The number of rotatable bonds is 6. The summed E-state index contributed by atoms with van der Waals surface area (Å²) in [6.45, 7) is 3.66. The molecule has 2 N–H and O–H groups in total. The van der Waals surface area contributed by atoms with Crippen LogP contribution in [-0.2, 0) is 4.79 Å². The summed E-state index contributed by atoms with van der Waals surface area (Å²) in [4.78, 5) is 22.4. The third-order valence-corrected chi connectivity index (χ3v) is 3.78. The molecule has 0 aliphatic carbocycles. The molecule has 0 aliphatic heterocycles. The van der Waals surface area contributed by atoms with Gasteiger partial charge in [0, 0.05) is 23.9 Å². The van der Waals surface area contributed by atoms with E-state index in [2.05, 4.69) is 16.7 Å². The van der Waals surface area contributed by atoms with Crippen LogP contribution >= 0.6 is 0 Å². The Morgan fingerprint density at radius 3 is 2.24 bits per heavy atom. The monoisotopic (exact) mass is 338 g/mol. The lowest BCUT2D eigenvalue weighted by Gasteiger charge is -2.20. The highest BCUT2D eigenvalue weighted by Gasteiger charge is 2.17. The summed E-state index contributed by atoms with van der Waals surface area (Å²) in [5.41, 5.74) is 2.02. The molecule has 0 radical (unpaired) electrons. The van der Waals surface area contributed by atoms with Crippen molar-refractivity contribution in [3.05, 3.63) is 69.8 Å². The Hall–Kier alpha value is -3.24. The summed E-state index contributed by atoms with van der Waals surface area (Å²) in [6, 6.07) is 14.3. The number of non-ortho nitro benzene ring substituents is 1. The maximum atomic E-state index is 12.2. The molecule has 128 valence electrons. The molecule has 0 bridgehead atoms.